The van der Waals surface area contributed by atoms with E-state index in [4.69, 9.17) is 5.10 Å². The molecule has 1 aliphatic heterocycles. The van der Waals surface area contributed by atoms with Gasteiger partial charge in [0, 0.05) is 5.92 Å². The van der Waals surface area contributed by atoms with Crippen LogP contribution in [0.1, 0.15) is 30.1 Å². The van der Waals surface area contributed by atoms with E-state index in [0.717, 1.165) is 29.0 Å². The molecule has 5 heteroatoms. The lowest BCUT2D eigenvalue weighted by Crippen LogP contribution is -2.29. The number of aromatic nitrogens is 3. The maximum Gasteiger partial charge on any atom is 0.155 e. The van der Waals surface area contributed by atoms with Crippen molar-refractivity contribution in [2.75, 3.05) is 20.1 Å². The lowest BCUT2D eigenvalue weighted by molar-refractivity contribution is 0.252. The van der Waals surface area contributed by atoms with Gasteiger partial charge in [0.2, 0.25) is 0 Å². The van der Waals surface area contributed by atoms with Crippen molar-refractivity contribution >= 4 is 21.6 Å². The summed E-state index contributed by atoms with van der Waals surface area (Å²) in [6, 6.07) is 4.20. The summed E-state index contributed by atoms with van der Waals surface area (Å²) in [7, 11) is 2.18. The van der Waals surface area contributed by atoms with Crippen LogP contribution in [0.15, 0.2) is 16.7 Å². The largest absolute Gasteiger partial charge is 0.306 e. The molecule has 3 heterocycles. The Balaban J connectivity index is 1.95. The molecule has 0 aromatic carbocycles. The number of halogens is 1. The predicted octanol–water partition coefficient (Wildman–Crippen LogP) is 2.61. The van der Waals surface area contributed by atoms with Crippen molar-refractivity contribution in [1.29, 1.82) is 0 Å². The molecule has 96 valence electrons. The van der Waals surface area contributed by atoms with Gasteiger partial charge in [-0.05, 0) is 68.0 Å². The summed E-state index contributed by atoms with van der Waals surface area (Å²) in [5.41, 5.74) is 3.09. The molecule has 2 aromatic heterocycles. The van der Waals surface area contributed by atoms with Crippen LogP contribution >= 0.6 is 15.9 Å². The molecule has 0 N–H and O–H groups in total. The Morgan fingerprint density at radius 3 is 2.72 bits per heavy atom. The van der Waals surface area contributed by atoms with Crippen molar-refractivity contribution < 1.29 is 0 Å². The first kappa shape index (κ1) is 12.1. The molecule has 4 nitrogen and oxygen atoms in total. The van der Waals surface area contributed by atoms with E-state index in [1.165, 1.54) is 18.5 Å². The third kappa shape index (κ3) is 2.06. The van der Waals surface area contributed by atoms with E-state index in [1.807, 2.05) is 11.4 Å². The molecule has 0 aliphatic carbocycles. The molecule has 1 fully saturated rings. The summed E-state index contributed by atoms with van der Waals surface area (Å²) in [5, 5.41) is 4.73. The molecule has 2 aromatic rings. The third-order valence-electron chi connectivity index (χ3n) is 3.74. The zero-order valence-corrected chi connectivity index (χ0v) is 12.3. The van der Waals surface area contributed by atoms with Crippen LogP contribution in [0.4, 0.5) is 0 Å². The van der Waals surface area contributed by atoms with Crippen LogP contribution in [-0.4, -0.2) is 39.6 Å². The predicted molar refractivity (Wildman–Crippen MR) is 74.9 cm³/mol. The number of hydrogen-bond donors (Lipinski definition) is 0. The summed E-state index contributed by atoms with van der Waals surface area (Å²) in [6.45, 7) is 4.32. The van der Waals surface area contributed by atoms with Gasteiger partial charge in [-0.15, -0.1) is 0 Å². The van der Waals surface area contributed by atoms with Gasteiger partial charge < -0.3 is 4.90 Å². The maximum atomic E-state index is 4.73. The van der Waals surface area contributed by atoms with E-state index in [0.29, 0.717) is 5.92 Å². The molecule has 3 rings (SSSR count). The van der Waals surface area contributed by atoms with Crippen molar-refractivity contribution in [2.24, 2.45) is 0 Å². The smallest absolute Gasteiger partial charge is 0.155 e. The van der Waals surface area contributed by atoms with Crippen molar-refractivity contribution in [3.05, 3.63) is 28.1 Å². The molecular weight excluding hydrogens is 292 g/mol. The van der Waals surface area contributed by atoms with Gasteiger partial charge in [-0.1, -0.05) is 0 Å². The lowest BCUT2D eigenvalue weighted by Gasteiger charge is -2.28. The summed E-state index contributed by atoms with van der Waals surface area (Å²) < 4.78 is 2.87. The Morgan fingerprint density at radius 1 is 1.28 bits per heavy atom. The van der Waals surface area contributed by atoms with E-state index < -0.39 is 0 Å². The topological polar surface area (TPSA) is 33.4 Å². The van der Waals surface area contributed by atoms with Gasteiger partial charge >= 0.3 is 0 Å². The second-order valence-corrected chi connectivity index (χ2v) is 5.84. The van der Waals surface area contributed by atoms with Crippen molar-refractivity contribution in [1.82, 2.24) is 19.5 Å². The van der Waals surface area contributed by atoms with E-state index in [2.05, 4.69) is 45.0 Å². The van der Waals surface area contributed by atoms with Crippen molar-refractivity contribution in [3.63, 3.8) is 0 Å². The highest BCUT2D eigenvalue weighted by molar-refractivity contribution is 9.10. The van der Waals surface area contributed by atoms with Crippen LogP contribution in [0, 0.1) is 6.92 Å². The van der Waals surface area contributed by atoms with Gasteiger partial charge in [0.25, 0.3) is 0 Å². The Labute approximate surface area is 115 Å². The van der Waals surface area contributed by atoms with Gasteiger partial charge in [-0.25, -0.2) is 9.50 Å². The van der Waals surface area contributed by atoms with Gasteiger partial charge in [-0.2, -0.15) is 5.10 Å². The normalized spacial score (nSPS) is 18.6. The van der Waals surface area contributed by atoms with E-state index in [-0.39, 0.29) is 0 Å². The summed E-state index contributed by atoms with van der Waals surface area (Å²) in [6.07, 6.45) is 2.39. The average molecular weight is 309 g/mol. The second-order valence-electron chi connectivity index (χ2n) is 5.09. The fourth-order valence-electron chi connectivity index (χ4n) is 2.55. The van der Waals surface area contributed by atoms with E-state index in [9.17, 15) is 0 Å². The highest BCUT2D eigenvalue weighted by Crippen LogP contribution is 2.27. The quantitative estimate of drug-likeness (QED) is 0.812. The van der Waals surface area contributed by atoms with Gasteiger partial charge in [0.15, 0.2) is 5.65 Å². The first-order chi connectivity index (χ1) is 8.65. The SMILES string of the molecule is Cc1nc2ccc(C3CCN(C)CC3)nn2c1Br. The van der Waals surface area contributed by atoms with E-state index >= 15 is 0 Å². The first-order valence-electron chi connectivity index (χ1n) is 6.35. The highest BCUT2D eigenvalue weighted by Gasteiger charge is 2.20. The van der Waals surface area contributed by atoms with Crippen molar-refractivity contribution in [3.8, 4) is 0 Å². The molecule has 1 aliphatic rings. The molecule has 0 unspecified atom stereocenters. The van der Waals surface area contributed by atoms with Gasteiger partial charge in [0.05, 0.1) is 11.4 Å². The highest BCUT2D eigenvalue weighted by atomic mass is 79.9. The number of piperidine rings is 1. The standard InChI is InChI=1S/C13H17BrN4/c1-9-13(14)18-12(15-9)4-3-11(16-18)10-5-7-17(2)8-6-10/h3-4,10H,5-8H2,1-2H3. The van der Waals surface area contributed by atoms with Crippen LogP contribution < -0.4 is 0 Å². The minimum Gasteiger partial charge on any atom is -0.306 e. The summed E-state index contributed by atoms with van der Waals surface area (Å²) >= 11 is 3.55. The number of aryl methyl sites for hydroxylation is 1. The summed E-state index contributed by atoms with van der Waals surface area (Å²) in [5.74, 6) is 0.584. The van der Waals surface area contributed by atoms with Crippen molar-refractivity contribution in [2.45, 2.75) is 25.7 Å². The first-order valence-corrected chi connectivity index (χ1v) is 7.15. The number of fused-ring (bicyclic) bond motifs is 1. The Bertz CT molecular complexity index is 570. The molecule has 0 radical (unpaired) electrons. The third-order valence-corrected chi connectivity index (χ3v) is 4.65. The number of rotatable bonds is 1. The number of imidazole rings is 1. The van der Waals surface area contributed by atoms with E-state index in [1.54, 1.807) is 0 Å². The molecule has 0 saturated carbocycles. The average Bonchev–Trinajstić information content (AvgIpc) is 2.66. The molecule has 0 bridgehead atoms. The summed E-state index contributed by atoms with van der Waals surface area (Å²) in [4.78, 5) is 6.84. The van der Waals surface area contributed by atoms with Gasteiger partial charge in [-0.3, -0.25) is 0 Å². The molecule has 0 spiro atoms. The number of likely N-dealkylation sites (tertiary alicyclic amines) is 1. The molecule has 0 atom stereocenters. The number of nitrogens with zero attached hydrogens (tertiary/aromatic N) is 4. The fourth-order valence-corrected chi connectivity index (χ4v) is 2.90. The lowest BCUT2D eigenvalue weighted by atomic mass is 9.94. The second kappa shape index (κ2) is 4.63. The fraction of sp³-hybridized carbons (Fsp3) is 0.538. The molecule has 18 heavy (non-hydrogen) atoms. The van der Waals surface area contributed by atoms with Crippen LogP contribution in [0.5, 0.6) is 0 Å². The van der Waals surface area contributed by atoms with Crippen LogP contribution in [0.25, 0.3) is 5.65 Å². The molecule has 0 amide bonds. The number of hydrogen-bond acceptors (Lipinski definition) is 3. The molecular formula is C13H17BrN4. The Hall–Kier alpha value is -0.940. The minimum absolute atomic E-state index is 0.584. The zero-order chi connectivity index (χ0) is 12.7. The molecule has 1 saturated heterocycles. The minimum atomic E-state index is 0.584. The van der Waals surface area contributed by atoms with Crippen LogP contribution in [-0.2, 0) is 0 Å². The monoisotopic (exact) mass is 308 g/mol. The van der Waals surface area contributed by atoms with Crippen LogP contribution in [0.3, 0.4) is 0 Å². The zero-order valence-electron chi connectivity index (χ0n) is 10.7. The maximum absolute atomic E-state index is 4.73. The Morgan fingerprint density at radius 2 is 2.00 bits per heavy atom. The van der Waals surface area contributed by atoms with Gasteiger partial charge in [0.1, 0.15) is 4.60 Å². The van der Waals surface area contributed by atoms with Crippen LogP contribution in [0.2, 0.25) is 0 Å². The Kier molecular flexibility index (Phi) is 3.11.